The van der Waals surface area contributed by atoms with Crippen molar-refractivity contribution < 1.29 is 4.79 Å². The van der Waals surface area contributed by atoms with Gasteiger partial charge in [-0.05, 0) is 18.1 Å². The first-order valence-corrected chi connectivity index (χ1v) is 6.22. The molecule has 0 atom stereocenters. The lowest BCUT2D eigenvalue weighted by atomic mass is 10.0. The van der Waals surface area contributed by atoms with Gasteiger partial charge in [0, 0.05) is 15.7 Å². The number of aldehydes is 1. The molecule has 2 aromatic rings. The molecule has 3 nitrogen and oxygen atoms in total. The normalized spacial score (nSPS) is 10.8. The van der Waals surface area contributed by atoms with Crippen LogP contribution in [0.1, 0.15) is 36.1 Å². The van der Waals surface area contributed by atoms with Crippen molar-refractivity contribution in [3.05, 3.63) is 40.3 Å². The first-order valence-electron chi connectivity index (χ1n) is 5.43. The summed E-state index contributed by atoms with van der Waals surface area (Å²) in [6.45, 7) is 4.15. The number of aromatic nitrogens is 2. The SMILES string of the molecule is CC(C)c1[nH]c(C=O)nc1-c1cccc(Br)c1. The van der Waals surface area contributed by atoms with Crippen molar-refractivity contribution in [3.8, 4) is 11.3 Å². The van der Waals surface area contributed by atoms with Gasteiger partial charge in [0.1, 0.15) is 0 Å². The van der Waals surface area contributed by atoms with Crippen LogP contribution in [-0.4, -0.2) is 16.3 Å². The van der Waals surface area contributed by atoms with Crippen molar-refractivity contribution in [2.75, 3.05) is 0 Å². The molecule has 0 fully saturated rings. The van der Waals surface area contributed by atoms with E-state index in [1.807, 2.05) is 24.3 Å². The van der Waals surface area contributed by atoms with E-state index in [0.29, 0.717) is 11.7 Å². The fourth-order valence-corrected chi connectivity index (χ4v) is 2.13. The fourth-order valence-electron chi connectivity index (χ4n) is 1.74. The molecule has 0 unspecified atom stereocenters. The summed E-state index contributed by atoms with van der Waals surface area (Å²) >= 11 is 3.44. The van der Waals surface area contributed by atoms with Gasteiger partial charge < -0.3 is 4.98 Å². The van der Waals surface area contributed by atoms with Gasteiger partial charge in [0.25, 0.3) is 0 Å². The number of imidazole rings is 1. The monoisotopic (exact) mass is 292 g/mol. The molecule has 0 amide bonds. The third kappa shape index (κ3) is 2.47. The number of halogens is 1. The zero-order valence-electron chi connectivity index (χ0n) is 9.70. The van der Waals surface area contributed by atoms with Crippen LogP contribution in [-0.2, 0) is 0 Å². The number of carbonyl (C=O) groups excluding carboxylic acids is 1. The highest BCUT2D eigenvalue weighted by molar-refractivity contribution is 9.10. The minimum Gasteiger partial charge on any atom is -0.339 e. The van der Waals surface area contributed by atoms with Crippen molar-refractivity contribution in [2.24, 2.45) is 0 Å². The maximum Gasteiger partial charge on any atom is 0.185 e. The second-order valence-corrected chi connectivity index (χ2v) is 5.08. The Morgan fingerprint density at radius 1 is 1.41 bits per heavy atom. The van der Waals surface area contributed by atoms with Crippen LogP contribution in [0.4, 0.5) is 0 Å². The Bertz CT molecular complexity index is 546. The molecular weight excluding hydrogens is 280 g/mol. The number of hydrogen-bond donors (Lipinski definition) is 1. The molecule has 0 aliphatic carbocycles. The van der Waals surface area contributed by atoms with Crippen LogP contribution in [0.15, 0.2) is 28.7 Å². The van der Waals surface area contributed by atoms with Crippen LogP contribution < -0.4 is 0 Å². The van der Waals surface area contributed by atoms with Gasteiger partial charge in [-0.2, -0.15) is 0 Å². The Morgan fingerprint density at radius 3 is 2.76 bits per heavy atom. The zero-order chi connectivity index (χ0) is 12.4. The van der Waals surface area contributed by atoms with E-state index in [1.54, 1.807) is 0 Å². The van der Waals surface area contributed by atoms with Crippen LogP contribution >= 0.6 is 15.9 Å². The first-order chi connectivity index (χ1) is 8.11. The minimum absolute atomic E-state index is 0.296. The summed E-state index contributed by atoms with van der Waals surface area (Å²) in [6, 6.07) is 7.91. The van der Waals surface area contributed by atoms with Crippen LogP contribution in [0.25, 0.3) is 11.3 Å². The molecule has 1 heterocycles. The molecule has 0 aliphatic heterocycles. The molecule has 1 N–H and O–H groups in total. The summed E-state index contributed by atoms with van der Waals surface area (Å²) < 4.78 is 1.00. The van der Waals surface area contributed by atoms with Gasteiger partial charge in [-0.25, -0.2) is 4.98 Å². The summed E-state index contributed by atoms with van der Waals surface area (Å²) in [5.41, 5.74) is 2.85. The van der Waals surface area contributed by atoms with Crippen LogP contribution in [0.3, 0.4) is 0 Å². The smallest absolute Gasteiger partial charge is 0.185 e. The molecule has 0 saturated carbocycles. The number of nitrogens with zero attached hydrogens (tertiary/aromatic N) is 1. The van der Waals surface area contributed by atoms with E-state index < -0.39 is 0 Å². The quantitative estimate of drug-likeness (QED) is 0.875. The fraction of sp³-hybridized carbons (Fsp3) is 0.231. The number of benzene rings is 1. The molecule has 0 radical (unpaired) electrons. The summed E-state index contributed by atoms with van der Waals surface area (Å²) in [5, 5.41) is 0. The second kappa shape index (κ2) is 4.84. The zero-order valence-corrected chi connectivity index (χ0v) is 11.3. The Labute approximate surface area is 108 Å². The lowest BCUT2D eigenvalue weighted by Gasteiger charge is -2.05. The molecule has 1 aromatic carbocycles. The van der Waals surface area contributed by atoms with E-state index in [1.165, 1.54) is 0 Å². The van der Waals surface area contributed by atoms with Crippen LogP contribution in [0, 0.1) is 0 Å². The highest BCUT2D eigenvalue weighted by Crippen LogP contribution is 2.28. The number of H-pyrrole nitrogens is 1. The lowest BCUT2D eigenvalue weighted by Crippen LogP contribution is -1.91. The molecule has 0 bridgehead atoms. The largest absolute Gasteiger partial charge is 0.339 e. The Hall–Kier alpha value is -1.42. The Morgan fingerprint density at radius 2 is 2.18 bits per heavy atom. The van der Waals surface area contributed by atoms with E-state index in [4.69, 9.17) is 0 Å². The molecule has 0 spiro atoms. The van der Waals surface area contributed by atoms with Gasteiger partial charge in [-0.3, -0.25) is 4.79 Å². The topological polar surface area (TPSA) is 45.8 Å². The highest BCUT2D eigenvalue weighted by Gasteiger charge is 2.14. The number of aromatic amines is 1. The third-order valence-corrected chi connectivity index (χ3v) is 3.03. The van der Waals surface area contributed by atoms with Crippen LogP contribution in [0.5, 0.6) is 0 Å². The predicted octanol–water partition coefficient (Wildman–Crippen LogP) is 3.78. The first kappa shape index (κ1) is 12.0. The van der Waals surface area contributed by atoms with E-state index in [-0.39, 0.29) is 0 Å². The van der Waals surface area contributed by atoms with Crippen molar-refractivity contribution in [1.82, 2.24) is 9.97 Å². The number of rotatable bonds is 3. The molecule has 88 valence electrons. The van der Waals surface area contributed by atoms with Gasteiger partial charge in [-0.1, -0.05) is 41.9 Å². The molecule has 0 aliphatic rings. The molecule has 0 saturated heterocycles. The number of nitrogens with one attached hydrogen (secondary N) is 1. The third-order valence-electron chi connectivity index (χ3n) is 2.54. The molecule has 2 rings (SSSR count). The standard InChI is InChI=1S/C13H13BrN2O/c1-8(2)12-13(16-11(7-17)15-12)9-4-3-5-10(14)6-9/h3-8H,1-2H3,(H,15,16). The van der Waals surface area contributed by atoms with Gasteiger partial charge in [0.05, 0.1) is 5.69 Å². The maximum atomic E-state index is 10.8. The van der Waals surface area contributed by atoms with Crippen molar-refractivity contribution in [3.63, 3.8) is 0 Å². The van der Waals surface area contributed by atoms with Crippen molar-refractivity contribution in [1.29, 1.82) is 0 Å². The van der Waals surface area contributed by atoms with E-state index >= 15 is 0 Å². The van der Waals surface area contributed by atoms with Gasteiger partial charge in [0.15, 0.2) is 12.1 Å². The van der Waals surface area contributed by atoms with Crippen molar-refractivity contribution >= 4 is 22.2 Å². The molecule has 4 heteroatoms. The minimum atomic E-state index is 0.296. The Balaban J connectivity index is 2.57. The average Bonchev–Trinajstić information content (AvgIpc) is 2.73. The Kier molecular flexibility index (Phi) is 3.43. The van der Waals surface area contributed by atoms with E-state index in [9.17, 15) is 4.79 Å². The summed E-state index contributed by atoms with van der Waals surface area (Å²) in [5.74, 6) is 0.675. The molecular formula is C13H13BrN2O. The molecule has 1 aromatic heterocycles. The summed E-state index contributed by atoms with van der Waals surface area (Å²) in [7, 11) is 0. The average molecular weight is 293 g/mol. The predicted molar refractivity (Wildman–Crippen MR) is 71.2 cm³/mol. The number of carbonyl (C=O) groups is 1. The number of hydrogen-bond acceptors (Lipinski definition) is 2. The maximum absolute atomic E-state index is 10.8. The van der Waals surface area contributed by atoms with Gasteiger partial charge in [0.2, 0.25) is 0 Å². The van der Waals surface area contributed by atoms with Crippen LogP contribution in [0.2, 0.25) is 0 Å². The molecule has 17 heavy (non-hydrogen) atoms. The van der Waals surface area contributed by atoms with Crippen molar-refractivity contribution in [2.45, 2.75) is 19.8 Å². The summed E-state index contributed by atoms with van der Waals surface area (Å²) in [4.78, 5) is 18.2. The lowest BCUT2D eigenvalue weighted by molar-refractivity contribution is 0.111. The summed E-state index contributed by atoms with van der Waals surface area (Å²) in [6.07, 6.45) is 0.743. The van der Waals surface area contributed by atoms with E-state index in [0.717, 1.165) is 27.7 Å². The van der Waals surface area contributed by atoms with E-state index in [2.05, 4.69) is 39.7 Å². The van der Waals surface area contributed by atoms with Gasteiger partial charge >= 0.3 is 0 Å². The highest BCUT2D eigenvalue weighted by atomic mass is 79.9. The van der Waals surface area contributed by atoms with Gasteiger partial charge in [-0.15, -0.1) is 0 Å². The second-order valence-electron chi connectivity index (χ2n) is 4.17.